The lowest BCUT2D eigenvalue weighted by Gasteiger charge is -2.26. The number of rotatable bonds is 5. The summed E-state index contributed by atoms with van der Waals surface area (Å²) in [5.41, 5.74) is 0.470. The minimum atomic E-state index is -3.55. The van der Waals surface area contributed by atoms with Gasteiger partial charge in [-0.25, -0.2) is 13.1 Å². The van der Waals surface area contributed by atoms with E-state index < -0.39 is 10.0 Å². The maximum absolute atomic E-state index is 12.4. The lowest BCUT2D eigenvalue weighted by molar-refractivity contribution is 0.273. The fraction of sp³-hybridized carbons (Fsp3) is 0.600. The van der Waals surface area contributed by atoms with Crippen LogP contribution in [-0.2, 0) is 16.6 Å². The van der Waals surface area contributed by atoms with Gasteiger partial charge in [-0.2, -0.15) is 0 Å². The number of aliphatic hydroxyl groups excluding tert-OH is 1. The van der Waals surface area contributed by atoms with Crippen molar-refractivity contribution < 1.29 is 18.3 Å². The van der Waals surface area contributed by atoms with Gasteiger partial charge in [0.1, 0.15) is 5.75 Å². The Balaban J connectivity index is 2.15. The number of methoxy groups -OCH3 is 1. The van der Waals surface area contributed by atoms with Gasteiger partial charge < -0.3 is 9.84 Å². The quantitative estimate of drug-likeness (QED) is 0.872. The Bertz CT molecular complexity index is 577. The van der Waals surface area contributed by atoms with Crippen LogP contribution < -0.4 is 9.46 Å². The molecular weight excluding hydrogens is 290 g/mol. The maximum atomic E-state index is 12.4. The van der Waals surface area contributed by atoms with Gasteiger partial charge in [-0.3, -0.25) is 0 Å². The van der Waals surface area contributed by atoms with Gasteiger partial charge in [-0.15, -0.1) is 0 Å². The molecule has 0 saturated heterocycles. The number of aliphatic hydroxyl groups is 1. The first-order valence-corrected chi connectivity index (χ1v) is 8.74. The molecule has 0 heterocycles. The molecule has 21 heavy (non-hydrogen) atoms. The van der Waals surface area contributed by atoms with Crippen molar-refractivity contribution in [2.75, 3.05) is 7.11 Å². The predicted octanol–water partition coefficient (Wildman–Crippen LogP) is 2.04. The van der Waals surface area contributed by atoms with Gasteiger partial charge in [-0.05, 0) is 49.8 Å². The molecule has 1 aliphatic carbocycles. The second-order valence-corrected chi connectivity index (χ2v) is 7.42. The molecular formula is C15H23NO4S. The third kappa shape index (κ3) is 3.96. The summed E-state index contributed by atoms with van der Waals surface area (Å²) in [6, 6.07) is 4.55. The zero-order valence-electron chi connectivity index (χ0n) is 12.5. The van der Waals surface area contributed by atoms with E-state index in [0.29, 0.717) is 17.2 Å². The number of hydrogen-bond donors (Lipinski definition) is 2. The molecule has 118 valence electrons. The van der Waals surface area contributed by atoms with Gasteiger partial charge in [0, 0.05) is 11.6 Å². The molecule has 0 aliphatic heterocycles. The molecule has 0 bridgehead atoms. The summed E-state index contributed by atoms with van der Waals surface area (Å²) >= 11 is 0. The van der Waals surface area contributed by atoms with Crippen LogP contribution in [0.4, 0.5) is 0 Å². The summed E-state index contributed by atoms with van der Waals surface area (Å²) in [6.07, 6.45) is 3.86. The summed E-state index contributed by atoms with van der Waals surface area (Å²) in [6.45, 7) is 1.94. The maximum Gasteiger partial charge on any atom is 0.240 e. The van der Waals surface area contributed by atoms with Crippen LogP contribution in [0.2, 0.25) is 0 Å². The third-order valence-corrected chi connectivity index (χ3v) is 5.59. The Labute approximate surface area is 126 Å². The number of nitrogens with one attached hydrogen (secondary N) is 1. The van der Waals surface area contributed by atoms with E-state index in [1.54, 1.807) is 6.07 Å². The monoisotopic (exact) mass is 313 g/mol. The van der Waals surface area contributed by atoms with Crippen LogP contribution in [0.1, 0.15) is 38.2 Å². The molecule has 2 N–H and O–H groups in total. The van der Waals surface area contributed by atoms with Gasteiger partial charge >= 0.3 is 0 Å². The van der Waals surface area contributed by atoms with Gasteiger partial charge in [0.15, 0.2) is 0 Å². The molecule has 6 heteroatoms. The van der Waals surface area contributed by atoms with Crippen LogP contribution in [0.5, 0.6) is 5.75 Å². The van der Waals surface area contributed by atoms with Crippen molar-refractivity contribution in [1.29, 1.82) is 0 Å². The average Bonchev–Trinajstić information content (AvgIpc) is 2.48. The van der Waals surface area contributed by atoms with E-state index in [2.05, 4.69) is 11.6 Å². The van der Waals surface area contributed by atoms with E-state index in [-0.39, 0.29) is 17.5 Å². The highest BCUT2D eigenvalue weighted by molar-refractivity contribution is 7.89. The minimum absolute atomic E-state index is 0.00544. The second-order valence-electron chi connectivity index (χ2n) is 5.71. The topological polar surface area (TPSA) is 75.6 Å². The van der Waals surface area contributed by atoms with Crippen molar-refractivity contribution >= 4 is 10.0 Å². The van der Waals surface area contributed by atoms with E-state index in [0.717, 1.165) is 25.7 Å². The van der Waals surface area contributed by atoms with Crippen molar-refractivity contribution in [3.05, 3.63) is 23.8 Å². The second kappa shape index (κ2) is 6.77. The lowest BCUT2D eigenvalue weighted by atomic mass is 9.88. The normalized spacial score (nSPS) is 23.0. The van der Waals surface area contributed by atoms with E-state index in [9.17, 15) is 13.5 Å². The van der Waals surface area contributed by atoms with Crippen LogP contribution in [0, 0.1) is 5.92 Å². The fourth-order valence-electron chi connectivity index (χ4n) is 2.71. The van der Waals surface area contributed by atoms with Crippen LogP contribution in [0.3, 0.4) is 0 Å². The molecule has 1 fully saturated rings. The molecule has 0 radical (unpaired) electrons. The van der Waals surface area contributed by atoms with E-state index in [1.807, 2.05) is 0 Å². The van der Waals surface area contributed by atoms with E-state index in [1.165, 1.54) is 19.2 Å². The van der Waals surface area contributed by atoms with Crippen molar-refractivity contribution in [1.82, 2.24) is 4.72 Å². The van der Waals surface area contributed by atoms with Crippen molar-refractivity contribution in [3.63, 3.8) is 0 Å². The molecule has 1 saturated carbocycles. The lowest BCUT2D eigenvalue weighted by Crippen LogP contribution is -2.37. The Morgan fingerprint density at radius 1 is 1.29 bits per heavy atom. The Kier molecular flexibility index (Phi) is 5.24. The summed E-state index contributed by atoms with van der Waals surface area (Å²) < 4.78 is 32.7. The first kappa shape index (κ1) is 16.3. The standard InChI is InChI=1S/C15H23NO4S/c1-11-3-5-13(6-4-11)16-21(18,19)14-7-8-15(20-2)12(9-14)10-17/h7-9,11,13,16-17H,3-6,10H2,1-2H3. The average molecular weight is 313 g/mol. The molecule has 0 amide bonds. The van der Waals surface area contributed by atoms with Gasteiger partial charge in [-0.1, -0.05) is 6.92 Å². The Hall–Kier alpha value is -1.11. The summed E-state index contributed by atoms with van der Waals surface area (Å²) in [7, 11) is -2.06. The van der Waals surface area contributed by atoms with Crippen LogP contribution in [-0.4, -0.2) is 26.7 Å². The van der Waals surface area contributed by atoms with Crippen molar-refractivity contribution in [3.8, 4) is 5.75 Å². The molecule has 5 nitrogen and oxygen atoms in total. The zero-order chi connectivity index (χ0) is 15.5. The molecule has 0 spiro atoms. The molecule has 0 unspecified atom stereocenters. The summed E-state index contributed by atoms with van der Waals surface area (Å²) in [5.74, 6) is 1.16. The van der Waals surface area contributed by atoms with Crippen LogP contribution in [0.15, 0.2) is 23.1 Å². The molecule has 2 rings (SSSR count). The number of benzene rings is 1. The molecule has 0 aromatic heterocycles. The highest BCUT2D eigenvalue weighted by atomic mass is 32.2. The van der Waals surface area contributed by atoms with E-state index >= 15 is 0 Å². The number of hydrogen-bond acceptors (Lipinski definition) is 4. The zero-order valence-corrected chi connectivity index (χ0v) is 13.3. The third-order valence-electron chi connectivity index (χ3n) is 4.07. The minimum Gasteiger partial charge on any atom is -0.496 e. The largest absolute Gasteiger partial charge is 0.496 e. The van der Waals surface area contributed by atoms with Crippen LogP contribution in [0.25, 0.3) is 0 Å². The summed E-state index contributed by atoms with van der Waals surface area (Å²) in [5, 5.41) is 9.30. The van der Waals surface area contributed by atoms with E-state index in [4.69, 9.17) is 4.74 Å². The molecule has 0 atom stereocenters. The van der Waals surface area contributed by atoms with Gasteiger partial charge in [0.2, 0.25) is 10.0 Å². The summed E-state index contributed by atoms with van der Waals surface area (Å²) in [4.78, 5) is 0.172. The number of sulfonamides is 1. The van der Waals surface area contributed by atoms with Crippen molar-refractivity contribution in [2.24, 2.45) is 5.92 Å². The Morgan fingerprint density at radius 3 is 2.52 bits per heavy atom. The highest BCUT2D eigenvalue weighted by Crippen LogP contribution is 2.26. The smallest absolute Gasteiger partial charge is 0.240 e. The van der Waals surface area contributed by atoms with Gasteiger partial charge in [0.25, 0.3) is 0 Å². The molecule has 1 aromatic rings. The molecule has 1 aromatic carbocycles. The molecule has 1 aliphatic rings. The SMILES string of the molecule is COc1ccc(S(=O)(=O)NC2CCC(C)CC2)cc1CO. The first-order valence-electron chi connectivity index (χ1n) is 7.26. The van der Waals surface area contributed by atoms with Crippen molar-refractivity contribution in [2.45, 2.75) is 50.2 Å². The van der Waals surface area contributed by atoms with Gasteiger partial charge in [0.05, 0.1) is 18.6 Å². The number of ether oxygens (including phenoxy) is 1. The predicted molar refractivity (Wildman–Crippen MR) is 80.7 cm³/mol. The fourth-order valence-corrected chi connectivity index (χ4v) is 4.07. The Morgan fingerprint density at radius 2 is 1.95 bits per heavy atom. The first-order chi connectivity index (χ1) is 9.96. The van der Waals surface area contributed by atoms with Crippen LogP contribution >= 0.6 is 0 Å². The highest BCUT2D eigenvalue weighted by Gasteiger charge is 2.24.